The third-order valence-corrected chi connectivity index (χ3v) is 5.58. The number of nitrogens with zero attached hydrogens (tertiary/aromatic N) is 3. The van der Waals surface area contributed by atoms with Gasteiger partial charge in [-0.05, 0) is 49.7 Å². The van der Waals surface area contributed by atoms with E-state index >= 15 is 0 Å². The predicted molar refractivity (Wildman–Crippen MR) is 120 cm³/mol. The van der Waals surface area contributed by atoms with Gasteiger partial charge in [0.15, 0.2) is 11.0 Å². The first kappa shape index (κ1) is 22.4. The van der Waals surface area contributed by atoms with Crippen molar-refractivity contribution < 1.29 is 14.3 Å². The van der Waals surface area contributed by atoms with Crippen LogP contribution in [0, 0.1) is 6.92 Å². The van der Waals surface area contributed by atoms with Crippen LogP contribution >= 0.6 is 11.8 Å². The molecule has 162 valence electrons. The molecule has 9 heteroatoms. The molecule has 0 unspecified atom stereocenters. The largest absolute Gasteiger partial charge is 0.497 e. The Morgan fingerprint density at radius 2 is 1.84 bits per heavy atom. The van der Waals surface area contributed by atoms with Crippen molar-refractivity contribution in [3.63, 3.8) is 0 Å². The van der Waals surface area contributed by atoms with E-state index in [1.54, 1.807) is 37.4 Å². The number of aromatic nitrogens is 3. The molecular weight excluding hydrogens is 414 g/mol. The molecule has 0 radical (unpaired) electrons. The average Bonchev–Trinajstić information content (AvgIpc) is 3.18. The minimum absolute atomic E-state index is 0.143. The topological polar surface area (TPSA) is 98.1 Å². The summed E-state index contributed by atoms with van der Waals surface area (Å²) in [5, 5.41) is 14.7. The number of hydrogen-bond donors (Lipinski definition) is 2. The van der Waals surface area contributed by atoms with Crippen molar-refractivity contribution in [3.05, 3.63) is 65.5 Å². The number of nitrogens with one attached hydrogen (secondary N) is 2. The van der Waals surface area contributed by atoms with Gasteiger partial charge in [-0.1, -0.05) is 30.0 Å². The lowest BCUT2D eigenvalue weighted by Crippen LogP contribution is -2.25. The second-order valence-electron chi connectivity index (χ2n) is 6.71. The maximum absolute atomic E-state index is 12.4. The third kappa shape index (κ3) is 5.85. The highest BCUT2D eigenvalue weighted by atomic mass is 32.2. The van der Waals surface area contributed by atoms with Crippen molar-refractivity contribution in [2.75, 3.05) is 18.2 Å². The first-order valence-electron chi connectivity index (χ1n) is 9.84. The van der Waals surface area contributed by atoms with Crippen LogP contribution in [0.4, 0.5) is 5.69 Å². The van der Waals surface area contributed by atoms with Crippen molar-refractivity contribution >= 4 is 29.3 Å². The summed E-state index contributed by atoms with van der Waals surface area (Å²) >= 11 is 1.30. The SMILES string of the molecule is CCn1c(CNC(=O)c2ccccc2C)nnc1SCC(=O)Nc1ccc(OC)cc1. The number of hydrogen-bond acceptors (Lipinski definition) is 6. The highest BCUT2D eigenvalue weighted by Gasteiger charge is 2.15. The Morgan fingerprint density at radius 1 is 1.10 bits per heavy atom. The summed E-state index contributed by atoms with van der Waals surface area (Å²) < 4.78 is 7.00. The molecule has 0 atom stereocenters. The lowest BCUT2D eigenvalue weighted by atomic mass is 10.1. The number of methoxy groups -OCH3 is 1. The van der Waals surface area contributed by atoms with E-state index in [1.807, 2.05) is 36.6 Å². The van der Waals surface area contributed by atoms with Crippen LogP contribution in [0.3, 0.4) is 0 Å². The van der Waals surface area contributed by atoms with Gasteiger partial charge in [-0.25, -0.2) is 0 Å². The molecule has 31 heavy (non-hydrogen) atoms. The van der Waals surface area contributed by atoms with Crippen molar-refractivity contribution in [2.24, 2.45) is 0 Å². The van der Waals surface area contributed by atoms with E-state index in [-0.39, 0.29) is 24.1 Å². The molecule has 0 aliphatic heterocycles. The molecule has 0 aliphatic rings. The van der Waals surface area contributed by atoms with Crippen LogP contribution in [-0.4, -0.2) is 39.4 Å². The van der Waals surface area contributed by atoms with Crippen LogP contribution in [0.15, 0.2) is 53.7 Å². The van der Waals surface area contributed by atoms with Crippen LogP contribution in [0.1, 0.15) is 28.7 Å². The lowest BCUT2D eigenvalue weighted by molar-refractivity contribution is -0.113. The molecule has 2 amide bonds. The molecule has 1 heterocycles. The fourth-order valence-electron chi connectivity index (χ4n) is 2.96. The first-order chi connectivity index (χ1) is 15.0. The molecule has 3 aromatic rings. The maximum Gasteiger partial charge on any atom is 0.251 e. The number of amides is 2. The Bertz CT molecular complexity index is 1050. The number of carbonyl (C=O) groups excluding carboxylic acids is 2. The number of rotatable bonds is 9. The Balaban J connectivity index is 1.56. The van der Waals surface area contributed by atoms with Gasteiger partial charge < -0.3 is 19.9 Å². The zero-order chi connectivity index (χ0) is 22.2. The van der Waals surface area contributed by atoms with Gasteiger partial charge in [-0.3, -0.25) is 9.59 Å². The average molecular weight is 440 g/mol. The van der Waals surface area contributed by atoms with E-state index in [0.29, 0.717) is 28.8 Å². The fraction of sp³-hybridized carbons (Fsp3) is 0.273. The molecule has 0 aliphatic carbocycles. The van der Waals surface area contributed by atoms with Crippen LogP contribution in [0.25, 0.3) is 0 Å². The second-order valence-corrected chi connectivity index (χ2v) is 7.65. The molecule has 2 aromatic carbocycles. The summed E-state index contributed by atoms with van der Waals surface area (Å²) in [5.74, 6) is 1.26. The summed E-state index contributed by atoms with van der Waals surface area (Å²) in [6.45, 7) is 4.75. The van der Waals surface area contributed by atoms with Crippen molar-refractivity contribution in [1.82, 2.24) is 20.1 Å². The molecule has 0 spiro atoms. The lowest BCUT2D eigenvalue weighted by Gasteiger charge is -2.10. The standard InChI is InChI=1S/C22H25N5O3S/c1-4-27-19(13-23-21(29)18-8-6-5-7-15(18)2)25-26-22(27)31-14-20(28)24-16-9-11-17(30-3)12-10-16/h5-12H,4,13-14H2,1-3H3,(H,23,29)(H,24,28). The minimum atomic E-state index is -0.156. The molecule has 0 bridgehead atoms. The molecule has 0 saturated heterocycles. The summed E-state index contributed by atoms with van der Waals surface area (Å²) in [6, 6.07) is 14.6. The van der Waals surface area contributed by atoms with Crippen LogP contribution in [0.5, 0.6) is 5.75 Å². The van der Waals surface area contributed by atoms with Gasteiger partial charge in [0, 0.05) is 17.8 Å². The van der Waals surface area contributed by atoms with Gasteiger partial charge >= 0.3 is 0 Å². The zero-order valence-corrected chi connectivity index (χ0v) is 18.5. The molecule has 3 rings (SSSR count). The number of thioether (sulfide) groups is 1. The normalized spacial score (nSPS) is 10.5. The first-order valence-corrected chi connectivity index (χ1v) is 10.8. The maximum atomic E-state index is 12.4. The third-order valence-electron chi connectivity index (χ3n) is 4.61. The Morgan fingerprint density at radius 3 is 2.52 bits per heavy atom. The van der Waals surface area contributed by atoms with Crippen LogP contribution in [0.2, 0.25) is 0 Å². The smallest absolute Gasteiger partial charge is 0.251 e. The number of anilines is 1. The van der Waals surface area contributed by atoms with Crippen molar-refractivity contribution in [1.29, 1.82) is 0 Å². The van der Waals surface area contributed by atoms with Crippen molar-refractivity contribution in [3.8, 4) is 5.75 Å². The number of aryl methyl sites for hydroxylation is 1. The van der Waals surface area contributed by atoms with E-state index < -0.39 is 0 Å². The highest BCUT2D eigenvalue weighted by molar-refractivity contribution is 7.99. The minimum Gasteiger partial charge on any atom is -0.497 e. The highest BCUT2D eigenvalue weighted by Crippen LogP contribution is 2.19. The van der Waals surface area contributed by atoms with Gasteiger partial charge in [-0.15, -0.1) is 10.2 Å². The molecule has 2 N–H and O–H groups in total. The molecular formula is C22H25N5O3S. The van der Waals surface area contributed by atoms with E-state index in [4.69, 9.17) is 4.74 Å². The number of benzene rings is 2. The van der Waals surface area contributed by atoms with Crippen molar-refractivity contribution in [2.45, 2.75) is 32.1 Å². The van der Waals surface area contributed by atoms with E-state index in [0.717, 1.165) is 11.3 Å². The summed E-state index contributed by atoms with van der Waals surface area (Å²) in [7, 11) is 1.59. The fourth-order valence-corrected chi connectivity index (χ4v) is 3.78. The Hall–Kier alpha value is -3.33. The van der Waals surface area contributed by atoms with Gasteiger partial charge in [0.05, 0.1) is 19.4 Å². The molecule has 0 saturated carbocycles. The second kappa shape index (κ2) is 10.6. The van der Waals surface area contributed by atoms with Gasteiger partial charge in [-0.2, -0.15) is 0 Å². The summed E-state index contributed by atoms with van der Waals surface area (Å²) in [5.41, 5.74) is 2.24. The van der Waals surface area contributed by atoms with Gasteiger partial charge in [0.2, 0.25) is 5.91 Å². The Kier molecular flexibility index (Phi) is 7.66. The van der Waals surface area contributed by atoms with Gasteiger partial charge in [0.1, 0.15) is 5.75 Å². The summed E-state index contributed by atoms with van der Waals surface area (Å²) in [6.07, 6.45) is 0. The Labute approximate surface area is 185 Å². The zero-order valence-electron chi connectivity index (χ0n) is 17.7. The van der Waals surface area contributed by atoms with Gasteiger partial charge in [0.25, 0.3) is 5.91 Å². The van der Waals surface area contributed by atoms with E-state index in [9.17, 15) is 9.59 Å². The van der Waals surface area contributed by atoms with Crippen LogP contribution in [-0.2, 0) is 17.9 Å². The summed E-state index contributed by atoms with van der Waals surface area (Å²) in [4.78, 5) is 24.7. The number of carbonyl (C=O) groups is 2. The predicted octanol–water partition coefficient (Wildman–Crippen LogP) is 3.28. The molecule has 0 fully saturated rings. The quantitative estimate of drug-likeness (QED) is 0.497. The van der Waals surface area contributed by atoms with Crippen LogP contribution < -0.4 is 15.4 Å². The molecule has 8 nitrogen and oxygen atoms in total. The molecule has 1 aromatic heterocycles. The van der Waals surface area contributed by atoms with E-state index in [1.165, 1.54) is 11.8 Å². The number of ether oxygens (including phenoxy) is 1. The monoisotopic (exact) mass is 439 g/mol. The van der Waals surface area contributed by atoms with E-state index in [2.05, 4.69) is 20.8 Å².